The highest BCUT2D eigenvalue weighted by Crippen LogP contribution is 2.41. The van der Waals surface area contributed by atoms with Gasteiger partial charge in [-0.2, -0.15) is 22.0 Å². The van der Waals surface area contributed by atoms with Crippen LogP contribution < -0.4 is 0 Å². The Labute approximate surface area is 140 Å². The minimum atomic E-state index is -5.58. The zero-order valence-corrected chi connectivity index (χ0v) is 14.5. The second kappa shape index (κ2) is 10.2. The number of hydrogen-bond donors (Lipinski definition) is 1. The zero-order valence-electron chi connectivity index (χ0n) is 14.5. The molecule has 0 heterocycles. The average Bonchev–Trinajstić information content (AvgIpc) is 2.44. The van der Waals surface area contributed by atoms with E-state index in [4.69, 9.17) is 0 Å². The lowest BCUT2D eigenvalue weighted by Gasteiger charge is -2.26. The van der Waals surface area contributed by atoms with Crippen LogP contribution in [0, 0.1) is 5.41 Å². The molecule has 0 fully saturated rings. The maximum Gasteiger partial charge on any atom is 0.453 e. The monoisotopic (exact) mass is 360 g/mol. The van der Waals surface area contributed by atoms with Gasteiger partial charge in [-0.15, -0.1) is 0 Å². The number of rotatable bonds is 13. The van der Waals surface area contributed by atoms with E-state index in [1.165, 1.54) is 13.3 Å². The van der Waals surface area contributed by atoms with Crippen molar-refractivity contribution < 1.29 is 31.9 Å². The standard InChI is InChI=1S/C17H29F5O2/c1-3-4-5-6-7-8-9-11-15(2,14(23)24)12-10-13-16(18,19)17(20,21)22/h3-13H2,1-2H3,(H,23,24). The average molecular weight is 360 g/mol. The summed E-state index contributed by atoms with van der Waals surface area (Å²) in [7, 11) is 0. The van der Waals surface area contributed by atoms with E-state index < -0.39 is 36.3 Å². The van der Waals surface area contributed by atoms with E-state index in [2.05, 4.69) is 6.92 Å². The van der Waals surface area contributed by atoms with Crippen LogP contribution in [0.4, 0.5) is 22.0 Å². The van der Waals surface area contributed by atoms with Crippen molar-refractivity contribution in [3.05, 3.63) is 0 Å². The van der Waals surface area contributed by atoms with Crippen LogP contribution in [-0.4, -0.2) is 23.2 Å². The van der Waals surface area contributed by atoms with Gasteiger partial charge >= 0.3 is 18.1 Å². The summed E-state index contributed by atoms with van der Waals surface area (Å²) in [5.74, 6) is -5.89. The minimum Gasteiger partial charge on any atom is -0.481 e. The Kier molecular flexibility index (Phi) is 9.81. The molecule has 0 aromatic carbocycles. The van der Waals surface area contributed by atoms with E-state index in [9.17, 15) is 31.9 Å². The number of halogens is 5. The van der Waals surface area contributed by atoms with E-state index in [1.807, 2.05) is 0 Å². The molecule has 0 amide bonds. The fourth-order valence-electron chi connectivity index (χ4n) is 2.65. The van der Waals surface area contributed by atoms with Crippen molar-refractivity contribution in [1.82, 2.24) is 0 Å². The fraction of sp³-hybridized carbons (Fsp3) is 0.941. The van der Waals surface area contributed by atoms with Crippen LogP contribution >= 0.6 is 0 Å². The summed E-state index contributed by atoms with van der Waals surface area (Å²) >= 11 is 0. The van der Waals surface area contributed by atoms with Gasteiger partial charge in [-0.25, -0.2) is 0 Å². The molecule has 144 valence electrons. The van der Waals surface area contributed by atoms with Gasteiger partial charge in [-0.1, -0.05) is 51.9 Å². The van der Waals surface area contributed by atoms with Crippen molar-refractivity contribution in [2.45, 2.75) is 96.6 Å². The second-order valence-corrected chi connectivity index (χ2v) is 6.79. The summed E-state index contributed by atoms with van der Waals surface area (Å²) < 4.78 is 62.1. The first-order chi connectivity index (χ1) is 11.0. The Morgan fingerprint density at radius 2 is 1.25 bits per heavy atom. The normalized spacial score (nSPS) is 15.3. The van der Waals surface area contributed by atoms with Crippen LogP contribution in [0.1, 0.15) is 84.5 Å². The summed E-state index contributed by atoms with van der Waals surface area (Å²) in [6.07, 6.45) is -0.281. The summed E-state index contributed by atoms with van der Waals surface area (Å²) in [6.45, 7) is 3.54. The van der Waals surface area contributed by atoms with Crippen molar-refractivity contribution in [1.29, 1.82) is 0 Å². The molecule has 0 aliphatic heterocycles. The van der Waals surface area contributed by atoms with Gasteiger partial charge < -0.3 is 5.11 Å². The minimum absolute atomic E-state index is 0.177. The van der Waals surface area contributed by atoms with Crippen LogP contribution in [-0.2, 0) is 4.79 Å². The highest BCUT2D eigenvalue weighted by Gasteiger charge is 2.56. The molecular formula is C17H29F5O2. The van der Waals surface area contributed by atoms with E-state index in [0.29, 0.717) is 12.8 Å². The number of alkyl halides is 5. The van der Waals surface area contributed by atoms with Gasteiger partial charge in [0.1, 0.15) is 0 Å². The lowest BCUT2D eigenvalue weighted by Crippen LogP contribution is -2.37. The molecule has 1 N–H and O–H groups in total. The van der Waals surface area contributed by atoms with E-state index in [0.717, 1.165) is 32.1 Å². The predicted octanol–water partition coefficient (Wildman–Crippen LogP) is 6.59. The fourth-order valence-corrected chi connectivity index (χ4v) is 2.65. The maximum atomic E-state index is 12.9. The van der Waals surface area contributed by atoms with Gasteiger partial charge in [-0.05, 0) is 26.2 Å². The Balaban J connectivity index is 4.25. The molecule has 0 saturated carbocycles. The molecule has 1 unspecified atom stereocenters. The van der Waals surface area contributed by atoms with Gasteiger partial charge in [0.2, 0.25) is 0 Å². The molecular weight excluding hydrogens is 331 g/mol. The molecule has 0 spiro atoms. The van der Waals surface area contributed by atoms with Crippen molar-refractivity contribution >= 4 is 5.97 Å². The van der Waals surface area contributed by atoms with Crippen molar-refractivity contribution in [3.63, 3.8) is 0 Å². The molecule has 2 nitrogen and oxygen atoms in total. The summed E-state index contributed by atoms with van der Waals surface area (Å²) in [5, 5.41) is 9.28. The van der Waals surface area contributed by atoms with Crippen molar-refractivity contribution in [2.75, 3.05) is 0 Å². The predicted molar refractivity (Wildman–Crippen MR) is 83.2 cm³/mol. The molecule has 0 saturated heterocycles. The number of carbonyl (C=O) groups is 1. The van der Waals surface area contributed by atoms with Gasteiger partial charge in [0, 0.05) is 6.42 Å². The molecule has 0 aromatic heterocycles. The van der Waals surface area contributed by atoms with E-state index in [-0.39, 0.29) is 6.42 Å². The summed E-state index contributed by atoms with van der Waals surface area (Å²) in [6, 6.07) is 0. The molecule has 7 heteroatoms. The Morgan fingerprint density at radius 1 is 0.792 bits per heavy atom. The van der Waals surface area contributed by atoms with Crippen LogP contribution in [0.25, 0.3) is 0 Å². The molecule has 0 aromatic rings. The van der Waals surface area contributed by atoms with Gasteiger partial charge in [-0.3, -0.25) is 4.79 Å². The molecule has 24 heavy (non-hydrogen) atoms. The van der Waals surface area contributed by atoms with E-state index in [1.54, 1.807) is 0 Å². The smallest absolute Gasteiger partial charge is 0.453 e. The lowest BCUT2D eigenvalue weighted by molar-refractivity contribution is -0.284. The summed E-state index contributed by atoms with van der Waals surface area (Å²) in [5.41, 5.74) is -1.24. The highest BCUT2D eigenvalue weighted by atomic mass is 19.4. The van der Waals surface area contributed by atoms with Crippen molar-refractivity contribution in [3.8, 4) is 0 Å². The molecule has 1 atom stereocenters. The number of unbranched alkanes of at least 4 members (excludes halogenated alkanes) is 6. The molecule has 0 bridgehead atoms. The highest BCUT2D eigenvalue weighted by molar-refractivity contribution is 5.74. The second-order valence-electron chi connectivity index (χ2n) is 6.79. The zero-order chi connectivity index (χ0) is 18.9. The van der Waals surface area contributed by atoms with Crippen molar-refractivity contribution in [2.24, 2.45) is 5.41 Å². The Bertz CT molecular complexity index is 368. The first-order valence-electron chi connectivity index (χ1n) is 8.64. The number of hydrogen-bond acceptors (Lipinski definition) is 1. The maximum absolute atomic E-state index is 12.9. The Hall–Kier alpha value is -0.880. The molecule has 0 rings (SSSR count). The molecule has 0 aliphatic rings. The number of aliphatic carboxylic acids is 1. The van der Waals surface area contributed by atoms with Crippen LogP contribution in [0.15, 0.2) is 0 Å². The van der Waals surface area contributed by atoms with Gasteiger partial charge in [0.05, 0.1) is 5.41 Å². The third kappa shape index (κ3) is 8.29. The Morgan fingerprint density at radius 3 is 1.71 bits per heavy atom. The third-order valence-electron chi connectivity index (χ3n) is 4.48. The first-order valence-corrected chi connectivity index (χ1v) is 8.64. The van der Waals surface area contributed by atoms with Crippen LogP contribution in [0.2, 0.25) is 0 Å². The van der Waals surface area contributed by atoms with Crippen LogP contribution in [0.5, 0.6) is 0 Å². The van der Waals surface area contributed by atoms with Gasteiger partial charge in [0.25, 0.3) is 0 Å². The molecule has 0 radical (unpaired) electrons. The van der Waals surface area contributed by atoms with Crippen LogP contribution in [0.3, 0.4) is 0 Å². The third-order valence-corrected chi connectivity index (χ3v) is 4.48. The summed E-state index contributed by atoms with van der Waals surface area (Å²) in [4.78, 5) is 11.4. The molecule has 0 aliphatic carbocycles. The number of carboxylic acids is 1. The van der Waals surface area contributed by atoms with Gasteiger partial charge in [0.15, 0.2) is 0 Å². The quantitative estimate of drug-likeness (QED) is 0.297. The lowest BCUT2D eigenvalue weighted by atomic mass is 9.79. The SMILES string of the molecule is CCCCCCCCCC(C)(CCCC(F)(F)C(F)(F)F)C(=O)O. The first kappa shape index (κ1) is 23.1. The largest absolute Gasteiger partial charge is 0.481 e. The van der Waals surface area contributed by atoms with E-state index >= 15 is 0 Å². The number of carboxylic acid groups (broad SMARTS) is 1. The topological polar surface area (TPSA) is 37.3 Å².